The third-order valence-electron chi connectivity index (χ3n) is 1.68. The van der Waals surface area contributed by atoms with Gasteiger partial charge in [0, 0.05) is 5.70 Å². The van der Waals surface area contributed by atoms with E-state index in [1.807, 2.05) is 19.9 Å². The maximum Gasteiger partial charge on any atom is 0.0427 e. The number of nitrogens with zero attached hydrogens (tertiary/aromatic N) is 1. The van der Waals surface area contributed by atoms with Crippen molar-refractivity contribution in [3.63, 3.8) is 0 Å². The van der Waals surface area contributed by atoms with E-state index in [4.69, 9.17) is 0 Å². The lowest BCUT2D eigenvalue weighted by Gasteiger charge is -2.03. The molecule has 0 aliphatic carbocycles. The molecule has 0 aromatic heterocycles. The van der Waals surface area contributed by atoms with Crippen molar-refractivity contribution in [2.45, 2.75) is 47.0 Å². The number of hydrogen-bond donors (Lipinski definition) is 0. The zero-order valence-corrected chi connectivity index (χ0v) is 9.56. The minimum Gasteiger partial charge on any atom is -0.269 e. The van der Waals surface area contributed by atoms with Crippen LogP contribution in [0.5, 0.6) is 0 Å². The van der Waals surface area contributed by atoms with E-state index in [2.05, 4.69) is 32.1 Å². The highest BCUT2D eigenvalue weighted by Gasteiger charge is 1.97. The number of aliphatic imine (C=N–C) groups is 1. The summed E-state index contributed by atoms with van der Waals surface area (Å²) in [7, 11) is 0. The van der Waals surface area contributed by atoms with Gasteiger partial charge in [0.05, 0.1) is 0 Å². The SMILES string of the molecule is C=C/C(CC)=C(/CCC)N=C.CC. The molecule has 0 aromatic carbocycles. The first kappa shape index (κ1) is 14.7. The van der Waals surface area contributed by atoms with Crippen molar-refractivity contribution in [2.24, 2.45) is 4.99 Å². The molecule has 0 unspecified atom stereocenters. The van der Waals surface area contributed by atoms with Gasteiger partial charge in [-0.2, -0.15) is 0 Å². The van der Waals surface area contributed by atoms with E-state index in [1.54, 1.807) is 0 Å². The van der Waals surface area contributed by atoms with Crippen LogP contribution in [-0.4, -0.2) is 6.72 Å². The Balaban J connectivity index is 0. The van der Waals surface area contributed by atoms with Gasteiger partial charge in [0.25, 0.3) is 0 Å². The molecule has 0 aromatic rings. The molecule has 0 atom stereocenters. The maximum absolute atomic E-state index is 3.98. The average molecular weight is 181 g/mol. The maximum atomic E-state index is 3.98. The van der Waals surface area contributed by atoms with E-state index in [-0.39, 0.29) is 0 Å². The van der Waals surface area contributed by atoms with Crippen molar-refractivity contribution in [1.29, 1.82) is 0 Å². The fourth-order valence-corrected chi connectivity index (χ4v) is 1.04. The van der Waals surface area contributed by atoms with Gasteiger partial charge in [-0.15, -0.1) is 0 Å². The first-order valence-corrected chi connectivity index (χ1v) is 5.11. The van der Waals surface area contributed by atoms with Gasteiger partial charge in [0.1, 0.15) is 0 Å². The van der Waals surface area contributed by atoms with E-state index in [1.165, 1.54) is 5.57 Å². The van der Waals surface area contributed by atoms with Crippen molar-refractivity contribution in [2.75, 3.05) is 0 Å². The van der Waals surface area contributed by atoms with Gasteiger partial charge in [0.15, 0.2) is 0 Å². The van der Waals surface area contributed by atoms with Gasteiger partial charge in [-0.3, -0.25) is 4.99 Å². The van der Waals surface area contributed by atoms with E-state index in [0.29, 0.717) is 0 Å². The molecule has 1 nitrogen and oxygen atoms in total. The van der Waals surface area contributed by atoms with Gasteiger partial charge >= 0.3 is 0 Å². The van der Waals surface area contributed by atoms with Crippen LogP contribution in [-0.2, 0) is 0 Å². The van der Waals surface area contributed by atoms with E-state index in [0.717, 1.165) is 25.0 Å². The molecule has 0 N–H and O–H groups in total. The Kier molecular flexibility index (Phi) is 12.6. The highest BCUT2D eigenvalue weighted by atomic mass is 14.7. The van der Waals surface area contributed by atoms with Crippen LogP contribution in [0.4, 0.5) is 0 Å². The molecule has 0 saturated heterocycles. The van der Waals surface area contributed by atoms with E-state index >= 15 is 0 Å². The molecule has 0 saturated carbocycles. The third-order valence-corrected chi connectivity index (χ3v) is 1.68. The molecule has 1 heteroatoms. The molecule has 0 rings (SSSR count). The van der Waals surface area contributed by atoms with Gasteiger partial charge in [0.2, 0.25) is 0 Å². The van der Waals surface area contributed by atoms with Crippen molar-refractivity contribution in [3.05, 3.63) is 23.9 Å². The third kappa shape index (κ3) is 6.32. The predicted molar refractivity (Wildman–Crippen MR) is 63.3 cm³/mol. The summed E-state index contributed by atoms with van der Waals surface area (Å²) in [5.74, 6) is 0. The van der Waals surface area contributed by atoms with E-state index < -0.39 is 0 Å². The van der Waals surface area contributed by atoms with Crippen molar-refractivity contribution in [1.82, 2.24) is 0 Å². The minimum atomic E-state index is 0.998. The second-order valence-corrected chi connectivity index (χ2v) is 2.44. The topological polar surface area (TPSA) is 12.4 Å². The molecule has 0 bridgehead atoms. The second kappa shape index (κ2) is 11.2. The number of rotatable bonds is 5. The van der Waals surface area contributed by atoms with Crippen LogP contribution in [0.3, 0.4) is 0 Å². The summed E-state index contributed by atoms with van der Waals surface area (Å²) in [5.41, 5.74) is 2.33. The summed E-state index contributed by atoms with van der Waals surface area (Å²) in [6, 6.07) is 0. The van der Waals surface area contributed by atoms with Crippen LogP contribution in [0.25, 0.3) is 0 Å². The van der Waals surface area contributed by atoms with Crippen molar-refractivity contribution < 1.29 is 0 Å². The van der Waals surface area contributed by atoms with Crippen molar-refractivity contribution >= 4 is 6.72 Å². The van der Waals surface area contributed by atoms with Crippen LogP contribution >= 0.6 is 0 Å². The lowest BCUT2D eigenvalue weighted by molar-refractivity contribution is 0.873. The summed E-state index contributed by atoms with van der Waals surface area (Å²) >= 11 is 0. The normalized spacial score (nSPS) is 10.8. The Labute approximate surface area is 83.3 Å². The van der Waals surface area contributed by atoms with Gasteiger partial charge in [-0.25, -0.2) is 0 Å². The summed E-state index contributed by atoms with van der Waals surface area (Å²) in [6.45, 7) is 15.5. The number of hydrogen-bond acceptors (Lipinski definition) is 1. The summed E-state index contributed by atoms with van der Waals surface area (Å²) in [4.78, 5) is 3.98. The quantitative estimate of drug-likeness (QED) is 0.441. The zero-order chi connectivity index (χ0) is 10.7. The van der Waals surface area contributed by atoms with Crippen LogP contribution in [0, 0.1) is 0 Å². The van der Waals surface area contributed by atoms with E-state index in [9.17, 15) is 0 Å². The fraction of sp³-hybridized carbons (Fsp3) is 0.583. The molecule has 0 amide bonds. The Morgan fingerprint density at radius 2 is 1.85 bits per heavy atom. The summed E-state index contributed by atoms with van der Waals surface area (Å²) in [6.07, 6.45) is 5.00. The fourth-order valence-electron chi connectivity index (χ4n) is 1.04. The largest absolute Gasteiger partial charge is 0.269 e. The van der Waals surface area contributed by atoms with Crippen LogP contribution in [0.2, 0.25) is 0 Å². The average Bonchev–Trinajstić information content (AvgIpc) is 2.21. The lowest BCUT2D eigenvalue weighted by Crippen LogP contribution is -1.85. The molecule has 0 fully saturated rings. The molecule has 0 aliphatic rings. The monoisotopic (exact) mass is 181 g/mol. The first-order valence-electron chi connectivity index (χ1n) is 5.11. The first-order chi connectivity index (χ1) is 6.29. The molecule has 0 aliphatic heterocycles. The molecule has 76 valence electrons. The molecule has 0 radical (unpaired) electrons. The molecule has 0 spiro atoms. The van der Waals surface area contributed by atoms with Crippen molar-refractivity contribution in [3.8, 4) is 0 Å². The van der Waals surface area contributed by atoms with Crippen LogP contribution in [0.15, 0.2) is 28.9 Å². The molecular weight excluding hydrogens is 158 g/mol. The zero-order valence-electron chi connectivity index (χ0n) is 9.56. The highest BCUT2D eigenvalue weighted by Crippen LogP contribution is 2.15. The Morgan fingerprint density at radius 3 is 2.08 bits per heavy atom. The van der Waals surface area contributed by atoms with Gasteiger partial charge < -0.3 is 0 Å². The summed E-state index contributed by atoms with van der Waals surface area (Å²) < 4.78 is 0. The van der Waals surface area contributed by atoms with Gasteiger partial charge in [-0.1, -0.05) is 46.8 Å². The molecular formula is C12H23N. The predicted octanol–water partition coefficient (Wildman–Crippen LogP) is 4.36. The Morgan fingerprint density at radius 1 is 1.31 bits per heavy atom. The minimum absolute atomic E-state index is 0.998. The Bertz CT molecular complexity index is 166. The smallest absolute Gasteiger partial charge is 0.0427 e. The van der Waals surface area contributed by atoms with Gasteiger partial charge in [-0.05, 0) is 25.1 Å². The Hall–Kier alpha value is -0.850. The number of allylic oxidation sites excluding steroid dienone is 3. The van der Waals surface area contributed by atoms with Crippen LogP contribution in [0.1, 0.15) is 47.0 Å². The standard InChI is InChI=1S/C10H17N.C2H6/c1-5-8-10(11-4)9(6-2)7-3;1-2/h6H,2,4-5,7-8H2,1,3H3;1-2H3/b10-9+;. The summed E-state index contributed by atoms with van der Waals surface area (Å²) in [5, 5.41) is 0. The highest BCUT2D eigenvalue weighted by molar-refractivity contribution is 5.33. The molecule has 0 heterocycles. The molecule has 13 heavy (non-hydrogen) atoms. The second-order valence-electron chi connectivity index (χ2n) is 2.44. The lowest BCUT2D eigenvalue weighted by atomic mass is 10.1. The van der Waals surface area contributed by atoms with Crippen LogP contribution < -0.4 is 0 Å².